The van der Waals surface area contributed by atoms with E-state index in [2.05, 4.69) is 10.4 Å². The minimum atomic E-state index is -3.89. The predicted molar refractivity (Wildman–Crippen MR) is 68.3 cm³/mol. The zero-order chi connectivity index (χ0) is 14.0. The molecule has 6 nitrogen and oxygen atoms in total. The standard InChI is InChI=1S/C11H13FN4O2S/c1-16-5-4-8(15-16)7-14-11-3-2-9(6-10(11)12)19(13,17)18/h2-6,14H,7H2,1H3,(H2,13,17,18). The quantitative estimate of drug-likeness (QED) is 0.869. The van der Waals surface area contributed by atoms with Crippen LogP contribution in [0.25, 0.3) is 0 Å². The highest BCUT2D eigenvalue weighted by Crippen LogP contribution is 2.18. The number of hydrogen-bond acceptors (Lipinski definition) is 4. The van der Waals surface area contributed by atoms with Crippen molar-refractivity contribution in [3.05, 3.63) is 42.0 Å². The van der Waals surface area contributed by atoms with E-state index in [0.717, 1.165) is 11.8 Å². The van der Waals surface area contributed by atoms with Crippen molar-refractivity contribution in [2.24, 2.45) is 12.2 Å². The minimum Gasteiger partial charge on any atom is -0.377 e. The van der Waals surface area contributed by atoms with Gasteiger partial charge in [0.05, 0.1) is 22.8 Å². The number of primary sulfonamides is 1. The second-order valence-electron chi connectivity index (χ2n) is 4.02. The number of nitrogens with one attached hydrogen (secondary N) is 1. The van der Waals surface area contributed by atoms with Crippen LogP contribution in [0.1, 0.15) is 5.69 Å². The van der Waals surface area contributed by atoms with Crippen molar-refractivity contribution in [1.29, 1.82) is 0 Å². The first kappa shape index (κ1) is 13.5. The first-order chi connectivity index (χ1) is 8.86. The third-order valence-electron chi connectivity index (χ3n) is 2.50. The molecule has 0 bridgehead atoms. The van der Waals surface area contributed by atoms with Gasteiger partial charge in [0.2, 0.25) is 10.0 Å². The van der Waals surface area contributed by atoms with Gasteiger partial charge in [0, 0.05) is 13.2 Å². The van der Waals surface area contributed by atoms with Crippen molar-refractivity contribution in [1.82, 2.24) is 9.78 Å². The number of halogens is 1. The monoisotopic (exact) mass is 284 g/mol. The summed E-state index contributed by atoms with van der Waals surface area (Å²) in [4.78, 5) is -0.256. The Bertz CT molecular complexity index is 696. The van der Waals surface area contributed by atoms with Gasteiger partial charge in [-0.15, -0.1) is 0 Å². The molecule has 0 atom stereocenters. The molecule has 0 aliphatic carbocycles. The summed E-state index contributed by atoms with van der Waals surface area (Å²) in [6.07, 6.45) is 1.78. The Morgan fingerprint density at radius 3 is 2.68 bits per heavy atom. The zero-order valence-corrected chi connectivity index (χ0v) is 11.0. The minimum absolute atomic E-state index is 0.193. The molecule has 0 unspecified atom stereocenters. The number of nitrogens with zero attached hydrogens (tertiary/aromatic N) is 2. The van der Waals surface area contributed by atoms with E-state index in [1.807, 2.05) is 0 Å². The molecule has 0 spiro atoms. The van der Waals surface area contributed by atoms with Crippen LogP contribution in [-0.4, -0.2) is 18.2 Å². The highest BCUT2D eigenvalue weighted by molar-refractivity contribution is 7.89. The maximum Gasteiger partial charge on any atom is 0.238 e. The lowest BCUT2D eigenvalue weighted by atomic mass is 10.3. The van der Waals surface area contributed by atoms with Gasteiger partial charge in [-0.05, 0) is 24.3 Å². The Kier molecular flexibility index (Phi) is 3.54. The van der Waals surface area contributed by atoms with Crippen molar-refractivity contribution < 1.29 is 12.8 Å². The number of nitrogens with two attached hydrogens (primary N) is 1. The van der Waals surface area contributed by atoms with Crippen LogP contribution in [0.5, 0.6) is 0 Å². The third-order valence-corrected chi connectivity index (χ3v) is 3.41. The summed E-state index contributed by atoms with van der Waals surface area (Å²) in [6.45, 7) is 0.340. The topological polar surface area (TPSA) is 90.0 Å². The molecule has 2 rings (SSSR count). The molecule has 0 aliphatic rings. The summed E-state index contributed by atoms with van der Waals surface area (Å²) in [5, 5.41) is 11.9. The first-order valence-corrected chi connectivity index (χ1v) is 6.95. The van der Waals surface area contributed by atoms with Crippen molar-refractivity contribution in [2.75, 3.05) is 5.32 Å². The molecule has 0 fully saturated rings. The average Bonchev–Trinajstić information content (AvgIpc) is 2.72. The van der Waals surface area contributed by atoms with E-state index < -0.39 is 15.8 Å². The smallest absolute Gasteiger partial charge is 0.238 e. The van der Waals surface area contributed by atoms with Gasteiger partial charge >= 0.3 is 0 Å². The van der Waals surface area contributed by atoms with Gasteiger partial charge in [0.25, 0.3) is 0 Å². The van der Waals surface area contributed by atoms with Crippen molar-refractivity contribution >= 4 is 15.7 Å². The van der Waals surface area contributed by atoms with E-state index in [4.69, 9.17) is 5.14 Å². The molecule has 1 aromatic heterocycles. The lowest BCUT2D eigenvalue weighted by Gasteiger charge is -2.07. The number of benzene rings is 1. The average molecular weight is 284 g/mol. The van der Waals surface area contributed by atoms with Gasteiger partial charge in [-0.3, -0.25) is 4.68 Å². The Morgan fingerprint density at radius 1 is 1.42 bits per heavy atom. The number of aryl methyl sites for hydroxylation is 1. The molecule has 0 aliphatic heterocycles. The number of rotatable bonds is 4. The molecular formula is C11H13FN4O2S. The van der Waals surface area contributed by atoms with Crippen LogP contribution in [0.2, 0.25) is 0 Å². The number of aromatic nitrogens is 2. The molecule has 3 N–H and O–H groups in total. The van der Waals surface area contributed by atoms with Gasteiger partial charge in [0.15, 0.2) is 0 Å². The van der Waals surface area contributed by atoms with E-state index in [-0.39, 0.29) is 10.6 Å². The van der Waals surface area contributed by atoms with Gasteiger partial charge in [-0.25, -0.2) is 17.9 Å². The summed E-state index contributed by atoms with van der Waals surface area (Å²) in [5.74, 6) is -0.678. The second kappa shape index (κ2) is 4.98. The Balaban J connectivity index is 2.14. The molecule has 1 heterocycles. The third kappa shape index (κ3) is 3.30. The van der Waals surface area contributed by atoms with Gasteiger partial charge in [-0.2, -0.15) is 5.10 Å². The van der Waals surface area contributed by atoms with Crippen molar-refractivity contribution in [2.45, 2.75) is 11.4 Å². The van der Waals surface area contributed by atoms with Gasteiger partial charge in [0.1, 0.15) is 5.82 Å². The van der Waals surface area contributed by atoms with Gasteiger partial charge in [-0.1, -0.05) is 0 Å². The molecule has 2 aromatic rings. The van der Waals surface area contributed by atoms with Crippen LogP contribution >= 0.6 is 0 Å². The molecule has 0 radical (unpaired) electrons. The summed E-state index contributed by atoms with van der Waals surface area (Å²) >= 11 is 0. The van der Waals surface area contributed by atoms with E-state index in [1.165, 1.54) is 12.1 Å². The fraction of sp³-hybridized carbons (Fsp3) is 0.182. The van der Waals surface area contributed by atoms with E-state index in [9.17, 15) is 12.8 Å². The van der Waals surface area contributed by atoms with E-state index >= 15 is 0 Å². The lowest BCUT2D eigenvalue weighted by molar-refractivity contribution is 0.592. The lowest BCUT2D eigenvalue weighted by Crippen LogP contribution is -2.13. The molecule has 19 heavy (non-hydrogen) atoms. The van der Waals surface area contributed by atoms with Crippen LogP contribution in [0.3, 0.4) is 0 Å². The normalized spacial score (nSPS) is 11.5. The first-order valence-electron chi connectivity index (χ1n) is 5.41. The summed E-state index contributed by atoms with van der Waals surface area (Å²) < 4.78 is 37.4. The zero-order valence-electron chi connectivity index (χ0n) is 10.2. The van der Waals surface area contributed by atoms with Crippen LogP contribution < -0.4 is 10.5 Å². The molecule has 0 saturated carbocycles. The molecule has 8 heteroatoms. The fourth-order valence-electron chi connectivity index (χ4n) is 1.56. The van der Waals surface area contributed by atoms with Crippen LogP contribution in [0.4, 0.5) is 10.1 Å². The summed E-state index contributed by atoms with van der Waals surface area (Å²) in [6, 6.07) is 5.26. The maximum atomic E-state index is 13.7. The van der Waals surface area contributed by atoms with Crippen LogP contribution in [-0.2, 0) is 23.6 Å². The second-order valence-corrected chi connectivity index (χ2v) is 5.58. The Labute approximate surface area is 110 Å². The molecule has 102 valence electrons. The van der Waals surface area contributed by atoms with E-state index in [1.54, 1.807) is 24.0 Å². The number of anilines is 1. The largest absolute Gasteiger partial charge is 0.377 e. The van der Waals surface area contributed by atoms with Crippen LogP contribution in [0.15, 0.2) is 35.4 Å². The van der Waals surface area contributed by atoms with E-state index in [0.29, 0.717) is 6.54 Å². The van der Waals surface area contributed by atoms with Crippen molar-refractivity contribution in [3.8, 4) is 0 Å². The highest BCUT2D eigenvalue weighted by Gasteiger charge is 2.11. The summed E-state index contributed by atoms with van der Waals surface area (Å²) in [5.41, 5.74) is 0.940. The molecule has 0 saturated heterocycles. The van der Waals surface area contributed by atoms with Crippen molar-refractivity contribution in [3.63, 3.8) is 0 Å². The Morgan fingerprint density at radius 2 is 2.16 bits per heavy atom. The predicted octanol–water partition coefficient (Wildman–Crippen LogP) is 0.819. The van der Waals surface area contributed by atoms with Crippen LogP contribution in [0, 0.1) is 5.82 Å². The highest BCUT2D eigenvalue weighted by atomic mass is 32.2. The fourth-order valence-corrected chi connectivity index (χ4v) is 2.08. The Hall–Kier alpha value is -1.93. The molecule has 1 aromatic carbocycles. The maximum absolute atomic E-state index is 13.7. The summed E-state index contributed by atoms with van der Waals surface area (Å²) in [7, 11) is -2.11. The molecular weight excluding hydrogens is 271 g/mol. The number of sulfonamides is 1. The number of hydrogen-bond donors (Lipinski definition) is 2. The SMILES string of the molecule is Cn1ccc(CNc2ccc(S(N)(=O)=O)cc2F)n1. The molecule has 0 amide bonds. The van der Waals surface area contributed by atoms with Gasteiger partial charge < -0.3 is 5.32 Å².